The Kier molecular flexibility index (Phi) is 4.63. The minimum atomic E-state index is 0.151. The molecule has 0 aromatic rings. The zero-order chi connectivity index (χ0) is 10.6. The Labute approximate surface area is 87.6 Å². The topological polar surface area (TPSA) is 23.5 Å². The fourth-order valence-corrected chi connectivity index (χ4v) is 2.21. The van der Waals surface area contributed by atoms with Crippen LogP contribution in [0.5, 0.6) is 0 Å². The number of hydrogen-bond donors (Lipinski definition) is 1. The fraction of sp³-hybridized carbons (Fsp3) is 0.833. The van der Waals surface area contributed by atoms with Gasteiger partial charge in [-0.3, -0.25) is 0 Å². The van der Waals surface area contributed by atoms with Gasteiger partial charge in [-0.25, -0.2) is 0 Å². The summed E-state index contributed by atoms with van der Waals surface area (Å²) < 4.78 is 0. The van der Waals surface area contributed by atoms with Crippen LogP contribution < -0.4 is 0 Å². The van der Waals surface area contributed by atoms with Crippen LogP contribution in [0, 0.1) is 5.92 Å². The first-order chi connectivity index (χ1) is 6.63. The Morgan fingerprint density at radius 3 is 2.86 bits per heavy atom. The van der Waals surface area contributed by atoms with Gasteiger partial charge in [-0.05, 0) is 45.6 Å². The average Bonchev–Trinajstić information content (AvgIpc) is 2.18. The molecule has 1 rings (SSSR count). The maximum absolute atomic E-state index is 8.93. The first-order valence-electron chi connectivity index (χ1n) is 5.65. The van der Waals surface area contributed by atoms with E-state index in [4.69, 9.17) is 5.11 Å². The molecule has 1 aliphatic heterocycles. The number of aliphatic hydroxyl groups excluding tert-OH is 1. The first-order valence-corrected chi connectivity index (χ1v) is 5.65. The minimum Gasteiger partial charge on any atom is -0.392 e. The third-order valence-corrected chi connectivity index (χ3v) is 3.08. The van der Waals surface area contributed by atoms with Crippen molar-refractivity contribution in [3.63, 3.8) is 0 Å². The molecule has 1 saturated heterocycles. The van der Waals surface area contributed by atoms with Crippen LogP contribution in [0.3, 0.4) is 0 Å². The molecule has 1 unspecified atom stereocenters. The van der Waals surface area contributed by atoms with E-state index in [1.807, 2.05) is 0 Å². The summed E-state index contributed by atoms with van der Waals surface area (Å²) >= 11 is 0. The molecular weight excluding hydrogens is 174 g/mol. The number of rotatable bonds is 4. The summed E-state index contributed by atoms with van der Waals surface area (Å²) in [5.41, 5.74) is 0.987. The highest BCUT2D eigenvalue weighted by Crippen LogP contribution is 2.23. The van der Waals surface area contributed by atoms with E-state index in [1.165, 1.54) is 25.9 Å². The second-order valence-corrected chi connectivity index (χ2v) is 4.71. The van der Waals surface area contributed by atoms with Crippen LogP contribution in [0.15, 0.2) is 12.2 Å². The van der Waals surface area contributed by atoms with E-state index in [9.17, 15) is 0 Å². The predicted octanol–water partition coefficient (Wildman–Crippen LogP) is 2.05. The Hall–Kier alpha value is -0.340. The van der Waals surface area contributed by atoms with E-state index in [1.54, 1.807) is 0 Å². The highest BCUT2D eigenvalue weighted by molar-refractivity contribution is 4.96. The predicted molar refractivity (Wildman–Crippen MR) is 60.3 cm³/mol. The summed E-state index contributed by atoms with van der Waals surface area (Å²) in [6.07, 6.45) is 3.59. The SMILES string of the molecule is C=C(CO)CC1CCCN(C(C)C)C1. The number of aliphatic hydroxyl groups is 1. The van der Waals surface area contributed by atoms with Gasteiger partial charge in [0.05, 0.1) is 6.61 Å². The largest absolute Gasteiger partial charge is 0.392 e. The normalized spacial score (nSPS) is 24.1. The highest BCUT2D eigenvalue weighted by Gasteiger charge is 2.21. The lowest BCUT2D eigenvalue weighted by molar-refractivity contribution is 0.138. The lowest BCUT2D eigenvalue weighted by Crippen LogP contribution is -2.40. The van der Waals surface area contributed by atoms with Gasteiger partial charge in [0.25, 0.3) is 0 Å². The van der Waals surface area contributed by atoms with Gasteiger partial charge in [0.15, 0.2) is 0 Å². The van der Waals surface area contributed by atoms with E-state index in [0.717, 1.165) is 12.0 Å². The number of nitrogens with zero attached hydrogens (tertiary/aromatic N) is 1. The molecule has 1 N–H and O–H groups in total. The van der Waals surface area contributed by atoms with Crippen LogP contribution in [0.4, 0.5) is 0 Å². The third-order valence-electron chi connectivity index (χ3n) is 3.08. The van der Waals surface area contributed by atoms with Gasteiger partial charge in [-0.15, -0.1) is 0 Å². The van der Waals surface area contributed by atoms with E-state index in [0.29, 0.717) is 12.0 Å². The van der Waals surface area contributed by atoms with Crippen molar-refractivity contribution in [1.29, 1.82) is 0 Å². The molecule has 0 aliphatic carbocycles. The molecule has 0 bridgehead atoms. The monoisotopic (exact) mass is 197 g/mol. The molecule has 0 saturated carbocycles. The molecule has 2 nitrogen and oxygen atoms in total. The van der Waals surface area contributed by atoms with Crippen LogP contribution in [-0.4, -0.2) is 35.7 Å². The standard InChI is InChI=1S/C12H23NO/c1-10(2)13-6-4-5-12(8-13)7-11(3)9-14/h10,12,14H,3-9H2,1-2H3. The summed E-state index contributed by atoms with van der Waals surface area (Å²) in [5, 5.41) is 8.93. The Bertz CT molecular complexity index is 189. The maximum atomic E-state index is 8.93. The van der Waals surface area contributed by atoms with E-state index in [2.05, 4.69) is 25.3 Å². The van der Waals surface area contributed by atoms with Crippen molar-refractivity contribution in [1.82, 2.24) is 4.90 Å². The fourth-order valence-electron chi connectivity index (χ4n) is 2.21. The summed E-state index contributed by atoms with van der Waals surface area (Å²) in [7, 11) is 0. The Morgan fingerprint density at radius 1 is 1.57 bits per heavy atom. The summed E-state index contributed by atoms with van der Waals surface area (Å²) in [6.45, 7) is 10.9. The Balaban J connectivity index is 2.36. The lowest BCUT2D eigenvalue weighted by Gasteiger charge is -2.35. The number of likely N-dealkylation sites (tertiary alicyclic amines) is 1. The molecular formula is C12H23NO. The molecule has 1 aliphatic rings. The van der Waals surface area contributed by atoms with Crippen molar-refractivity contribution in [3.05, 3.63) is 12.2 Å². The highest BCUT2D eigenvalue weighted by atomic mass is 16.3. The quantitative estimate of drug-likeness (QED) is 0.697. The summed E-state index contributed by atoms with van der Waals surface area (Å²) in [5.74, 6) is 0.714. The van der Waals surface area contributed by atoms with Gasteiger partial charge >= 0.3 is 0 Å². The zero-order valence-electron chi connectivity index (χ0n) is 9.50. The van der Waals surface area contributed by atoms with Crippen LogP contribution in [-0.2, 0) is 0 Å². The molecule has 14 heavy (non-hydrogen) atoms. The van der Waals surface area contributed by atoms with Crippen molar-refractivity contribution in [2.75, 3.05) is 19.7 Å². The van der Waals surface area contributed by atoms with Gasteiger partial charge in [0.1, 0.15) is 0 Å². The van der Waals surface area contributed by atoms with Gasteiger partial charge in [0, 0.05) is 12.6 Å². The molecule has 0 spiro atoms. The van der Waals surface area contributed by atoms with Crippen molar-refractivity contribution in [2.24, 2.45) is 5.92 Å². The van der Waals surface area contributed by atoms with Gasteiger partial charge in [0.2, 0.25) is 0 Å². The van der Waals surface area contributed by atoms with Crippen LogP contribution >= 0.6 is 0 Å². The molecule has 1 heterocycles. The molecule has 82 valence electrons. The van der Waals surface area contributed by atoms with E-state index >= 15 is 0 Å². The van der Waals surface area contributed by atoms with E-state index < -0.39 is 0 Å². The lowest BCUT2D eigenvalue weighted by atomic mass is 9.91. The summed E-state index contributed by atoms with van der Waals surface area (Å²) in [6, 6.07) is 0.653. The van der Waals surface area contributed by atoms with Crippen molar-refractivity contribution in [2.45, 2.75) is 39.2 Å². The molecule has 1 atom stereocenters. The molecule has 0 aromatic carbocycles. The second-order valence-electron chi connectivity index (χ2n) is 4.71. The third kappa shape index (κ3) is 3.43. The number of piperidine rings is 1. The van der Waals surface area contributed by atoms with Gasteiger partial charge in [-0.1, -0.05) is 12.2 Å². The molecule has 2 heteroatoms. The first kappa shape index (κ1) is 11.7. The van der Waals surface area contributed by atoms with Gasteiger partial charge < -0.3 is 10.0 Å². The average molecular weight is 197 g/mol. The van der Waals surface area contributed by atoms with Crippen molar-refractivity contribution < 1.29 is 5.11 Å². The van der Waals surface area contributed by atoms with Crippen LogP contribution in [0.2, 0.25) is 0 Å². The summed E-state index contributed by atoms with van der Waals surface area (Å²) in [4.78, 5) is 2.53. The van der Waals surface area contributed by atoms with Crippen LogP contribution in [0.1, 0.15) is 33.1 Å². The van der Waals surface area contributed by atoms with Crippen molar-refractivity contribution in [3.8, 4) is 0 Å². The van der Waals surface area contributed by atoms with E-state index in [-0.39, 0.29) is 6.61 Å². The molecule has 0 radical (unpaired) electrons. The second kappa shape index (κ2) is 5.52. The molecule has 1 fully saturated rings. The molecule has 0 amide bonds. The maximum Gasteiger partial charge on any atom is 0.0639 e. The van der Waals surface area contributed by atoms with Crippen molar-refractivity contribution >= 4 is 0 Å². The number of hydrogen-bond acceptors (Lipinski definition) is 2. The smallest absolute Gasteiger partial charge is 0.0639 e. The zero-order valence-corrected chi connectivity index (χ0v) is 9.50. The van der Waals surface area contributed by atoms with Crippen LogP contribution in [0.25, 0.3) is 0 Å². The minimum absolute atomic E-state index is 0.151. The Morgan fingerprint density at radius 2 is 2.29 bits per heavy atom. The molecule has 0 aromatic heterocycles. The van der Waals surface area contributed by atoms with Gasteiger partial charge in [-0.2, -0.15) is 0 Å².